The number of hydrogen-bond donors (Lipinski definition) is 2. The quantitative estimate of drug-likeness (QED) is 0.207. The summed E-state index contributed by atoms with van der Waals surface area (Å²) in [5, 5.41) is 0.848. The average Bonchev–Trinajstić information content (AvgIpc) is 3.34. The number of fused-ring (bicyclic) bond motifs is 1. The number of piperazine rings is 1. The molecule has 0 saturated carbocycles. The molecule has 3 N–H and O–H groups in total. The van der Waals surface area contributed by atoms with Crippen molar-refractivity contribution >= 4 is 40.8 Å². The van der Waals surface area contributed by atoms with Gasteiger partial charge in [0.2, 0.25) is 0 Å². The number of H-pyrrole nitrogens is 1. The largest absolute Gasteiger partial charge is 0.416 e. The lowest BCUT2D eigenvalue weighted by atomic mass is 9.98. The number of benzene rings is 3. The molecule has 1 saturated heterocycles. The summed E-state index contributed by atoms with van der Waals surface area (Å²) >= 11 is 0. The summed E-state index contributed by atoms with van der Waals surface area (Å²) < 4.78 is 81.0. The molecule has 1 aromatic heterocycles. The first-order valence-electron chi connectivity index (χ1n) is 12.6. The highest BCUT2D eigenvalue weighted by Crippen LogP contribution is 2.37. The number of alkyl halides is 6. The fourth-order valence-corrected chi connectivity index (χ4v) is 5.09. The smallest absolute Gasteiger partial charge is 0.399 e. The summed E-state index contributed by atoms with van der Waals surface area (Å²) in [5.74, 6) is -1.31. The van der Waals surface area contributed by atoms with Gasteiger partial charge in [0, 0.05) is 53.5 Å². The van der Waals surface area contributed by atoms with Crippen LogP contribution in [0.5, 0.6) is 0 Å². The van der Waals surface area contributed by atoms with E-state index < -0.39 is 41.0 Å². The first-order chi connectivity index (χ1) is 19.3. The van der Waals surface area contributed by atoms with E-state index in [1.54, 1.807) is 30.5 Å². The number of aromatic amines is 1. The standard InChI is InChI=1S/C29H24F6N4O2.ClH/c30-28(31,32)20-11-18(12-21(14-20)29(33,34)35)27(41)39-10-9-38(26(40)17-5-7-22(36)8-6-17)16-23(39)13-19-15-37-25-4-2-1-3-24(19)25;/h1-8,11-12,14-15,23,37H,9-10,13,16,36H2;1H/t23-;/m1./s1. The predicted molar refractivity (Wildman–Crippen MR) is 147 cm³/mol. The van der Waals surface area contributed by atoms with Crippen molar-refractivity contribution in [2.75, 3.05) is 25.4 Å². The van der Waals surface area contributed by atoms with Crippen LogP contribution in [-0.4, -0.2) is 52.3 Å². The summed E-state index contributed by atoms with van der Waals surface area (Å²) in [5.41, 5.74) is 4.28. The Kier molecular flexibility index (Phi) is 8.49. The predicted octanol–water partition coefficient (Wildman–Crippen LogP) is 6.42. The van der Waals surface area contributed by atoms with E-state index in [2.05, 4.69) is 4.98 Å². The Balaban J connectivity index is 0.00000405. The van der Waals surface area contributed by atoms with Crippen LogP contribution < -0.4 is 5.73 Å². The first kappa shape index (κ1) is 30.8. The van der Waals surface area contributed by atoms with Crippen LogP contribution in [0.25, 0.3) is 10.9 Å². The molecule has 4 aromatic rings. The molecule has 42 heavy (non-hydrogen) atoms. The van der Waals surface area contributed by atoms with Gasteiger partial charge < -0.3 is 20.5 Å². The summed E-state index contributed by atoms with van der Waals surface area (Å²) in [6.07, 6.45) is -8.25. The van der Waals surface area contributed by atoms with E-state index in [0.717, 1.165) is 16.5 Å². The molecule has 0 bridgehead atoms. The average molecular weight is 611 g/mol. The number of nitrogens with two attached hydrogens (primary N) is 1. The SMILES string of the molecule is Cl.Nc1ccc(C(=O)N2CCN(C(=O)c3cc(C(F)(F)F)cc(C(F)(F)F)c3)[C@H](Cc3c[nH]c4ccccc34)C2)cc1. The monoisotopic (exact) mass is 610 g/mol. The van der Waals surface area contributed by atoms with Gasteiger partial charge in [0.05, 0.1) is 17.2 Å². The maximum atomic E-state index is 13.6. The van der Waals surface area contributed by atoms with Crippen molar-refractivity contribution in [2.45, 2.75) is 24.8 Å². The van der Waals surface area contributed by atoms with Gasteiger partial charge in [0.1, 0.15) is 0 Å². The van der Waals surface area contributed by atoms with Crippen LogP contribution in [0, 0.1) is 0 Å². The minimum Gasteiger partial charge on any atom is -0.399 e. The topological polar surface area (TPSA) is 82.4 Å². The van der Waals surface area contributed by atoms with Crippen LogP contribution >= 0.6 is 12.4 Å². The lowest BCUT2D eigenvalue weighted by Gasteiger charge is -2.41. The van der Waals surface area contributed by atoms with E-state index in [-0.39, 0.29) is 50.4 Å². The molecule has 1 fully saturated rings. The van der Waals surface area contributed by atoms with Gasteiger partial charge in [-0.15, -0.1) is 12.4 Å². The molecule has 1 atom stereocenters. The maximum Gasteiger partial charge on any atom is 0.416 e. The molecule has 1 aliphatic heterocycles. The minimum absolute atomic E-state index is 0. The second kappa shape index (κ2) is 11.6. The Bertz CT molecular complexity index is 1570. The van der Waals surface area contributed by atoms with Crippen molar-refractivity contribution < 1.29 is 35.9 Å². The Hall–Kier alpha value is -4.19. The van der Waals surface area contributed by atoms with Crippen molar-refractivity contribution in [1.29, 1.82) is 0 Å². The van der Waals surface area contributed by atoms with Gasteiger partial charge in [-0.1, -0.05) is 18.2 Å². The van der Waals surface area contributed by atoms with E-state index in [1.165, 1.54) is 9.80 Å². The highest BCUT2D eigenvalue weighted by molar-refractivity contribution is 5.97. The lowest BCUT2D eigenvalue weighted by molar-refractivity contribution is -0.143. The highest BCUT2D eigenvalue weighted by Gasteiger charge is 2.39. The van der Waals surface area contributed by atoms with Crippen molar-refractivity contribution in [3.8, 4) is 0 Å². The van der Waals surface area contributed by atoms with E-state index in [0.29, 0.717) is 23.4 Å². The van der Waals surface area contributed by atoms with Crippen molar-refractivity contribution in [2.24, 2.45) is 0 Å². The number of nitrogens with zero attached hydrogens (tertiary/aromatic N) is 2. The van der Waals surface area contributed by atoms with Crippen LogP contribution in [0.4, 0.5) is 32.0 Å². The zero-order chi connectivity index (χ0) is 29.5. The number of nitrogens with one attached hydrogen (secondary N) is 1. The second-order valence-electron chi connectivity index (χ2n) is 9.88. The molecule has 2 amide bonds. The van der Waals surface area contributed by atoms with Crippen LogP contribution in [0.2, 0.25) is 0 Å². The second-order valence-corrected chi connectivity index (χ2v) is 9.88. The summed E-state index contributed by atoms with van der Waals surface area (Å²) in [6.45, 7) is -0.0475. The third-order valence-corrected chi connectivity index (χ3v) is 7.15. The zero-order valence-corrected chi connectivity index (χ0v) is 22.6. The molecule has 6 nitrogen and oxygen atoms in total. The molecular weight excluding hydrogens is 586 g/mol. The van der Waals surface area contributed by atoms with E-state index in [4.69, 9.17) is 5.73 Å². The van der Waals surface area contributed by atoms with Gasteiger partial charge in [-0.2, -0.15) is 26.3 Å². The van der Waals surface area contributed by atoms with Gasteiger partial charge in [-0.05, 0) is 60.5 Å². The summed E-state index contributed by atoms with van der Waals surface area (Å²) in [6, 6.07) is 13.7. The van der Waals surface area contributed by atoms with Crippen molar-refractivity contribution in [3.63, 3.8) is 0 Å². The van der Waals surface area contributed by atoms with Gasteiger partial charge in [-0.25, -0.2) is 0 Å². The highest BCUT2D eigenvalue weighted by atomic mass is 35.5. The first-order valence-corrected chi connectivity index (χ1v) is 12.6. The molecule has 0 unspecified atom stereocenters. The van der Waals surface area contributed by atoms with Crippen LogP contribution in [0.15, 0.2) is 72.9 Å². The zero-order valence-electron chi connectivity index (χ0n) is 21.8. The third-order valence-electron chi connectivity index (χ3n) is 7.15. The minimum atomic E-state index is -5.09. The van der Waals surface area contributed by atoms with Gasteiger partial charge in [-0.3, -0.25) is 9.59 Å². The summed E-state index contributed by atoms with van der Waals surface area (Å²) in [4.78, 5) is 32.8. The number of rotatable bonds is 4. The Morgan fingerprint density at radius 1 is 0.833 bits per heavy atom. The number of amides is 2. The number of anilines is 1. The fraction of sp³-hybridized carbons (Fsp3) is 0.241. The maximum absolute atomic E-state index is 13.6. The molecule has 222 valence electrons. The molecule has 0 radical (unpaired) electrons. The number of hydrogen-bond acceptors (Lipinski definition) is 3. The molecular formula is C29H25ClF6N4O2. The molecule has 3 aromatic carbocycles. The fourth-order valence-electron chi connectivity index (χ4n) is 5.09. The van der Waals surface area contributed by atoms with E-state index in [9.17, 15) is 35.9 Å². The van der Waals surface area contributed by atoms with Gasteiger partial charge >= 0.3 is 12.4 Å². The number of carbonyl (C=O) groups is 2. The lowest BCUT2D eigenvalue weighted by Crippen LogP contribution is -2.57. The molecule has 2 heterocycles. The number of halogens is 7. The number of para-hydroxylation sites is 1. The molecule has 1 aliphatic rings. The van der Waals surface area contributed by atoms with Crippen molar-refractivity contribution in [3.05, 3.63) is 101 Å². The van der Waals surface area contributed by atoms with Crippen molar-refractivity contribution in [1.82, 2.24) is 14.8 Å². The number of carbonyl (C=O) groups excluding carboxylic acids is 2. The van der Waals surface area contributed by atoms with E-state index in [1.807, 2.05) is 24.3 Å². The Morgan fingerprint density at radius 2 is 1.45 bits per heavy atom. The van der Waals surface area contributed by atoms with E-state index >= 15 is 0 Å². The molecule has 0 aliphatic carbocycles. The number of aromatic nitrogens is 1. The molecule has 13 heteroatoms. The molecule has 0 spiro atoms. The van der Waals surface area contributed by atoms with Crippen LogP contribution in [0.1, 0.15) is 37.4 Å². The van der Waals surface area contributed by atoms with Crippen LogP contribution in [0.3, 0.4) is 0 Å². The van der Waals surface area contributed by atoms with Gasteiger partial charge in [0.25, 0.3) is 11.8 Å². The van der Waals surface area contributed by atoms with Gasteiger partial charge in [0.15, 0.2) is 0 Å². The normalized spacial score (nSPS) is 15.9. The van der Waals surface area contributed by atoms with Crippen LogP contribution in [-0.2, 0) is 18.8 Å². The third kappa shape index (κ3) is 6.33. The Morgan fingerprint density at radius 3 is 2.07 bits per heavy atom. The number of nitrogen functional groups attached to an aromatic ring is 1. The Labute approximate surface area is 242 Å². The summed E-state index contributed by atoms with van der Waals surface area (Å²) in [7, 11) is 0. The molecule has 5 rings (SSSR count).